The van der Waals surface area contributed by atoms with Gasteiger partial charge < -0.3 is 19.7 Å². The van der Waals surface area contributed by atoms with Gasteiger partial charge in [-0.15, -0.1) is 0 Å². The van der Waals surface area contributed by atoms with Gasteiger partial charge >= 0.3 is 0 Å². The highest BCUT2D eigenvalue weighted by molar-refractivity contribution is 5.35. The van der Waals surface area contributed by atoms with Crippen LogP contribution in [0.25, 0.3) is 0 Å². The van der Waals surface area contributed by atoms with Gasteiger partial charge in [-0.3, -0.25) is 0 Å². The molecule has 0 saturated heterocycles. The molecule has 0 bridgehead atoms. The summed E-state index contributed by atoms with van der Waals surface area (Å²) in [5.74, 6) is 1.96. The van der Waals surface area contributed by atoms with Gasteiger partial charge in [0.2, 0.25) is 5.89 Å². The molecule has 1 aromatic carbocycles. The van der Waals surface area contributed by atoms with E-state index in [4.69, 9.17) is 19.7 Å². The van der Waals surface area contributed by atoms with E-state index >= 15 is 0 Å². The van der Waals surface area contributed by atoms with Crippen LogP contribution < -0.4 is 10.5 Å². The maximum atomic E-state index is 5.85. The van der Waals surface area contributed by atoms with E-state index in [0.717, 1.165) is 11.3 Å². The van der Waals surface area contributed by atoms with Crippen LogP contribution in [-0.4, -0.2) is 37.0 Å². The molecule has 1 aromatic heterocycles. The maximum Gasteiger partial charge on any atom is 0.228 e. The summed E-state index contributed by atoms with van der Waals surface area (Å²) in [4.78, 5) is 4.33. The van der Waals surface area contributed by atoms with Crippen molar-refractivity contribution in [1.29, 1.82) is 0 Å². The summed E-state index contributed by atoms with van der Waals surface area (Å²) in [6.07, 6.45) is 1.07. The first kappa shape index (κ1) is 14.5. The molecular weight excluding hydrogens is 258 g/mol. The van der Waals surface area contributed by atoms with E-state index in [1.165, 1.54) is 0 Å². The Morgan fingerprint density at radius 1 is 1.30 bits per heavy atom. The van der Waals surface area contributed by atoms with E-state index in [1.54, 1.807) is 14.2 Å². The summed E-state index contributed by atoms with van der Waals surface area (Å²) in [5.41, 5.74) is 6.87. The van der Waals surface area contributed by atoms with Gasteiger partial charge in [-0.1, -0.05) is 23.4 Å². The van der Waals surface area contributed by atoms with Gasteiger partial charge in [0.1, 0.15) is 5.75 Å². The Morgan fingerprint density at radius 3 is 2.85 bits per heavy atom. The number of aromatic nitrogens is 2. The molecule has 108 valence electrons. The second-order valence-corrected chi connectivity index (χ2v) is 4.51. The van der Waals surface area contributed by atoms with E-state index in [2.05, 4.69) is 10.1 Å². The third-order valence-electron chi connectivity index (χ3n) is 2.87. The number of ether oxygens (including phenoxy) is 2. The van der Waals surface area contributed by atoms with Gasteiger partial charge in [0.05, 0.1) is 13.7 Å². The minimum absolute atomic E-state index is 0.139. The Labute approximate surface area is 117 Å². The summed E-state index contributed by atoms with van der Waals surface area (Å²) < 4.78 is 15.5. The molecule has 1 unspecified atom stereocenters. The van der Waals surface area contributed by atoms with Gasteiger partial charge in [-0.25, -0.2) is 0 Å². The van der Waals surface area contributed by atoms with Crippen molar-refractivity contribution >= 4 is 0 Å². The van der Waals surface area contributed by atoms with Gasteiger partial charge in [-0.2, -0.15) is 4.98 Å². The monoisotopic (exact) mass is 277 g/mol. The van der Waals surface area contributed by atoms with Crippen molar-refractivity contribution in [1.82, 2.24) is 10.1 Å². The molecule has 0 fully saturated rings. The lowest BCUT2D eigenvalue weighted by atomic mass is 10.1. The van der Waals surface area contributed by atoms with Crippen LogP contribution in [0.2, 0.25) is 0 Å². The molecule has 2 aromatic rings. The van der Waals surface area contributed by atoms with Crippen molar-refractivity contribution in [2.24, 2.45) is 5.73 Å². The number of para-hydroxylation sites is 1. The van der Waals surface area contributed by atoms with Crippen LogP contribution in [0.1, 0.15) is 17.3 Å². The lowest BCUT2D eigenvalue weighted by Gasteiger charge is -2.06. The molecule has 6 nitrogen and oxygen atoms in total. The van der Waals surface area contributed by atoms with Crippen molar-refractivity contribution in [3.63, 3.8) is 0 Å². The van der Waals surface area contributed by atoms with E-state index in [9.17, 15) is 0 Å². The highest BCUT2D eigenvalue weighted by Gasteiger charge is 2.12. The second-order valence-electron chi connectivity index (χ2n) is 4.51. The Balaban J connectivity index is 2.02. The van der Waals surface area contributed by atoms with Crippen LogP contribution >= 0.6 is 0 Å². The van der Waals surface area contributed by atoms with E-state index in [1.807, 2.05) is 24.3 Å². The van der Waals surface area contributed by atoms with E-state index < -0.39 is 0 Å². The number of hydrogen-bond donors (Lipinski definition) is 1. The van der Waals surface area contributed by atoms with Crippen LogP contribution in [0.15, 0.2) is 28.8 Å². The zero-order valence-corrected chi connectivity index (χ0v) is 11.7. The topological polar surface area (TPSA) is 83.4 Å². The maximum absolute atomic E-state index is 5.85. The average Bonchev–Trinajstić information content (AvgIpc) is 2.87. The van der Waals surface area contributed by atoms with Crippen molar-refractivity contribution in [2.75, 3.05) is 20.8 Å². The highest BCUT2D eigenvalue weighted by atomic mass is 16.5. The minimum Gasteiger partial charge on any atom is -0.496 e. The lowest BCUT2D eigenvalue weighted by Crippen LogP contribution is -2.28. The second kappa shape index (κ2) is 7.02. The first-order valence-corrected chi connectivity index (χ1v) is 6.40. The summed E-state index contributed by atoms with van der Waals surface area (Å²) >= 11 is 0. The number of hydrogen-bond acceptors (Lipinski definition) is 6. The fourth-order valence-electron chi connectivity index (χ4n) is 1.96. The smallest absolute Gasteiger partial charge is 0.228 e. The van der Waals surface area contributed by atoms with Gasteiger partial charge in [0.15, 0.2) is 5.82 Å². The Bertz CT molecular complexity index is 542. The predicted octanol–water partition coefficient (Wildman–Crippen LogP) is 1.19. The molecule has 0 saturated carbocycles. The molecule has 0 amide bonds. The summed E-state index contributed by atoms with van der Waals surface area (Å²) in [7, 11) is 3.25. The largest absolute Gasteiger partial charge is 0.496 e. The molecular formula is C14H19N3O3. The van der Waals surface area contributed by atoms with Crippen LogP contribution in [0.5, 0.6) is 5.75 Å². The number of nitrogens with two attached hydrogens (primary N) is 1. The van der Waals surface area contributed by atoms with E-state index in [0.29, 0.717) is 31.2 Å². The van der Waals surface area contributed by atoms with Crippen molar-refractivity contribution in [3.05, 3.63) is 41.5 Å². The standard InChI is InChI=1S/C14H19N3O3/c1-18-9-11(15)8-14-16-13(17-20-14)7-10-5-3-4-6-12(10)19-2/h3-6,11H,7-9,15H2,1-2H3. The number of methoxy groups -OCH3 is 2. The molecule has 0 spiro atoms. The highest BCUT2D eigenvalue weighted by Crippen LogP contribution is 2.19. The van der Waals surface area contributed by atoms with Gasteiger partial charge in [0.25, 0.3) is 0 Å². The Morgan fingerprint density at radius 2 is 2.10 bits per heavy atom. The number of benzene rings is 1. The Hall–Kier alpha value is -1.92. The van der Waals surface area contributed by atoms with Crippen LogP contribution in [0, 0.1) is 0 Å². The lowest BCUT2D eigenvalue weighted by molar-refractivity contribution is 0.176. The molecule has 0 aliphatic carbocycles. The van der Waals surface area contributed by atoms with Crippen molar-refractivity contribution in [2.45, 2.75) is 18.9 Å². The number of nitrogens with zero attached hydrogens (tertiary/aromatic N) is 2. The van der Waals surface area contributed by atoms with Crippen LogP contribution in [0.4, 0.5) is 0 Å². The molecule has 1 atom stereocenters. The normalized spacial score (nSPS) is 12.3. The molecule has 0 aliphatic heterocycles. The minimum atomic E-state index is -0.139. The molecule has 2 N–H and O–H groups in total. The SMILES string of the molecule is COCC(N)Cc1nc(Cc2ccccc2OC)no1. The molecule has 6 heteroatoms. The molecule has 0 radical (unpaired) electrons. The fraction of sp³-hybridized carbons (Fsp3) is 0.429. The van der Waals surface area contributed by atoms with Crippen molar-refractivity contribution in [3.8, 4) is 5.75 Å². The quantitative estimate of drug-likeness (QED) is 0.818. The van der Waals surface area contributed by atoms with Crippen molar-refractivity contribution < 1.29 is 14.0 Å². The van der Waals surface area contributed by atoms with Crippen LogP contribution in [-0.2, 0) is 17.6 Å². The summed E-state index contributed by atoms with van der Waals surface area (Å²) in [6, 6.07) is 7.62. The fourth-order valence-corrected chi connectivity index (χ4v) is 1.96. The molecule has 2 rings (SSSR count). The predicted molar refractivity (Wildman–Crippen MR) is 73.7 cm³/mol. The van der Waals surface area contributed by atoms with Crippen LogP contribution in [0.3, 0.4) is 0 Å². The summed E-state index contributed by atoms with van der Waals surface area (Å²) in [5, 5.41) is 3.96. The van der Waals surface area contributed by atoms with Gasteiger partial charge in [-0.05, 0) is 6.07 Å². The third kappa shape index (κ3) is 3.79. The Kier molecular flexibility index (Phi) is 5.09. The zero-order chi connectivity index (χ0) is 14.4. The molecule has 0 aliphatic rings. The van der Waals surface area contributed by atoms with E-state index in [-0.39, 0.29) is 6.04 Å². The first-order chi connectivity index (χ1) is 9.72. The molecule has 1 heterocycles. The first-order valence-electron chi connectivity index (χ1n) is 6.40. The summed E-state index contributed by atoms with van der Waals surface area (Å²) in [6.45, 7) is 0.463. The third-order valence-corrected chi connectivity index (χ3v) is 2.87. The van der Waals surface area contributed by atoms with Gasteiger partial charge in [0, 0.05) is 31.6 Å². The average molecular weight is 277 g/mol. The zero-order valence-electron chi connectivity index (χ0n) is 11.7. The molecule has 20 heavy (non-hydrogen) atoms. The number of rotatable bonds is 7.